The number of nitrogens with one attached hydrogen (secondary N) is 2. The first-order valence-electron chi connectivity index (χ1n) is 12.6. The fourth-order valence-corrected chi connectivity index (χ4v) is 4.86. The lowest BCUT2D eigenvalue weighted by Crippen LogP contribution is -2.70. The smallest absolute Gasteiger partial charge is 0.217 e. The van der Waals surface area contributed by atoms with Gasteiger partial charge in [0.15, 0.2) is 18.9 Å². The van der Waals surface area contributed by atoms with Gasteiger partial charge in [0.1, 0.15) is 73.1 Å². The molecule has 3 saturated heterocycles. The van der Waals surface area contributed by atoms with E-state index in [-0.39, 0.29) is 0 Å². The average Bonchev–Trinajstić information content (AvgIpc) is 2.90. The molecule has 18 nitrogen and oxygen atoms in total. The van der Waals surface area contributed by atoms with Crippen LogP contribution in [0.3, 0.4) is 0 Å². The zero-order chi connectivity index (χ0) is 29.9. The molecule has 0 aromatic rings. The molecule has 2 amide bonds. The standard InChI is InChI=1S/C22H38N2O16/c1-6(28)23-11-18(14(31)9(4-26)36-20(11)35)39-21-12(24-7(2)29)19(15(32)10(5-27)37-21)40-22-17(34)16(33)13(30)8(3-25)38-22/h8-22,25-27,30-35H,3-5H2,1-2H3,(H,23,28)(H,24,29)/t8-,9-,10-,11-,12-,13+,14+,15+,16+,17-,18-,19-,20+,21-,22+/m1/s1. The van der Waals surface area contributed by atoms with Crippen molar-refractivity contribution in [2.45, 2.75) is 106 Å². The van der Waals surface area contributed by atoms with Gasteiger partial charge in [-0.2, -0.15) is 0 Å². The van der Waals surface area contributed by atoms with Crippen LogP contribution in [0.25, 0.3) is 0 Å². The Hall–Kier alpha value is -1.62. The predicted molar refractivity (Wildman–Crippen MR) is 124 cm³/mol. The monoisotopic (exact) mass is 586 g/mol. The molecule has 11 N–H and O–H groups in total. The molecule has 232 valence electrons. The number of aliphatic hydroxyl groups is 9. The van der Waals surface area contributed by atoms with Crippen LogP contribution in [0.2, 0.25) is 0 Å². The van der Waals surface area contributed by atoms with Crippen molar-refractivity contribution in [1.82, 2.24) is 10.6 Å². The predicted octanol–water partition coefficient (Wildman–Crippen LogP) is -7.29. The van der Waals surface area contributed by atoms with Gasteiger partial charge >= 0.3 is 0 Å². The lowest BCUT2D eigenvalue weighted by atomic mass is 9.94. The molecule has 18 heteroatoms. The molecular formula is C22H38N2O16. The van der Waals surface area contributed by atoms with Crippen molar-refractivity contribution in [3.05, 3.63) is 0 Å². The van der Waals surface area contributed by atoms with Gasteiger partial charge in [-0.1, -0.05) is 0 Å². The van der Waals surface area contributed by atoms with Crippen LogP contribution in [-0.2, 0) is 33.3 Å². The van der Waals surface area contributed by atoms with Crippen molar-refractivity contribution in [2.24, 2.45) is 0 Å². The molecule has 0 aromatic carbocycles. The summed E-state index contributed by atoms with van der Waals surface area (Å²) in [6.07, 6.45) is -21.4. The van der Waals surface area contributed by atoms with Gasteiger partial charge in [-0.25, -0.2) is 0 Å². The SMILES string of the molecule is CC(=O)N[C@@H]1[C@@H](O[C@H]2O[C@H](CO)[C@H](O)[C@H](O[C@@H]3O[C@H](CO)[C@H](O)[C@H](O)[C@H]3O)[C@H]2NC(C)=O)[C@@H](O)[C@@H](CO)O[C@@H]1O. The van der Waals surface area contributed by atoms with Crippen molar-refractivity contribution in [3.63, 3.8) is 0 Å². The maximum Gasteiger partial charge on any atom is 0.217 e. The van der Waals surface area contributed by atoms with Gasteiger partial charge in [0, 0.05) is 13.8 Å². The van der Waals surface area contributed by atoms with Gasteiger partial charge < -0.3 is 80.3 Å². The molecule has 0 saturated carbocycles. The van der Waals surface area contributed by atoms with Gasteiger partial charge in [-0.3, -0.25) is 9.59 Å². The van der Waals surface area contributed by atoms with Crippen LogP contribution in [0.1, 0.15) is 13.8 Å². The number of rotatable bonds is 9. The van der Waals surface area contributed by atoms with Crippen LogP contribution in [0.15, 0.2) is 0 Å². The van der Waals surface area contributed by atoms with E-state index in [1.165, 1.54) is 0 Å². The molecule has 3 fully saturated rings. The van der Waals surface area contributed by atoms with Crippen LogP contribution in [0.5, 0.6) is 0 Å². The summed E-state index contributed by atoms with van der Waals surface area (Å²) in [4.78, 5) is 23.9. The van der Waals surface area contributed by atoms with E-state index in [9.17, 15) is 55.5 Å². The lowest BCUT2D eigenvalue weighted by Gasteiger charge is -2.49. The van der Waals surface area contributed by atoms with E-state index in [0.717, 1.165) is 13.8 Å². The minimum absolute atomic E-state index is 0.647. The van der Waals surface area contributed by atoms with Gasteiger partial charge in [0.25, 0.3) is 0 Å². The van der Waals surface area contributed by atoms with E-state index in [1.54, 1.807) is 0 Å². The van der Waals surface area contributed by atoms with Gasteiger partial charge in [-0.15, -0.1) is 0 Å². The summed E-state index contributed by atoms with van der Waals surface area (Å²) in [6.45, 7) is -0.140. The molecule has 3 heterocycles. The number of carbonyl (C=O) groups excluding carboxylic acids is 2. The van der Waals surface area contributed by atoms with Crippen molar-refractivity contribution in [2.75, 3.05) is 19.8 Å². The highest BCUT2D eigenvalue weighted by molar-refractivity contribution is 5.73. The number of hydrogen-bond acceptors (Lipinski definition) is 16. The van der Waals surface area contributed by atoms with Gasteiger partial charge in [-0.05, 0) is 0 Å². The summed E-state index contributed by atoms with van der Waals surface area (Å²) < 4.78 is 27.7. The van der Waals surface area contributed by atoms with E-state index in [0.29, 0.717) is 0 Å². The molecule has 0 spiro atoms. The Kier molecular flexibility index (Phi) is 11.5. The largest absolute Gasteiger partial charge is 0.394 e. The van der Waals surface area contributed by atoms with Gasteiger partial charge in [0.05, 0.1) is 19.8 Å². The number of amides is 2. The normalized spacial score (nSPS) is 46.0. The Morgan fingerprint density at radius 2 is 1.02 bits per heavy atom. The summed E-state index contributed by atoms with van der Waals surface area (Å²) in [7, 11) is 0. The van der Waals surface area contributed by atoms with Crippen LogP contribution in [0.4, 0.5) is 0 Å². The van der Waals surface area contributed by atoms with Crippen LogP contribution >= 0.6 is 0 Å². The zero-order valence-corrected chi connectivity index (χ0v) is 21.7. The molecule has 3 aliphatic rings. The summed E-state index contributed by atoms with van der Waals surface area (Å²) in [5.41, 5.74) is 0. The fraction of sp³-hybridized carbons (Fsp3) is 0.909. The van der Waals surface area contributed by atoms with Crippen molar-refractivity contribution in [1.29, 1.82) is 0 Å². The zero-order valence-electron chi connectivity index (χ0n) is 21.7. The van der Waals surface area contributed by atoms with E-state index >= 15 is 0 Å². The first-order valence-corrected chi connectivity index (χ1v) is 12.6. The minimum Gasteiger partial charge on any atom is -0.394 e. The molecule has 40 heavy (non-hydrogen) atoms. The Morgan fingerprint density at radius 3 is 1.55 bits per heavy atom. The summed E-state index contributed by atoms with van der Waals surface area (Å²) in [6, 6.07) is -2.90. The number of carbonyl (C=O) groups is 2. The molecule has 0 radical (unpaired) electrons. The molecule has 0 aliphatic carbocycles. The fourth-order valence-electron chi connectivity index (χ4n) is 4.86. The van der Waals surface area contributed by atoms with Crippen LogP contribution in [0, 0.1) is 0 Å². The maximum absolute atomic E-state index is 12.1. The molecule has 15 atom stereocenters. The molecule has 3 aliphatic heterocycles. The molecule has 0 bridgehead atoms. The quantitative estimate of drug-likeness (QED) is 0.120. The first-order chi connectivity index (χ1) is 18.8. The Bertz CT molecular complexity index is 852. The second-order valence-electron chi connectivity index (χ2n) is 9.81. The lowest BCUT2D eigenvalue weighted by molar-refractivity contribution is -0.356. The third-order valence-corrected chi connectivity index (χ3v) is 6.90. The highest BCUT2D eigenvalue weighted by Crippen LogP contribution is 2.32. The highest BCUT2D eigenvalue weighted by Gasteiger charge is 2.54. The van der Waals surface area contributed by atoms with Crippen molar-refractivity contribution < 1.29 is 79.2 Å². The van der Waals surface area contributed by atoms with Crippen molar-refractivity contribution >= 4 is 11.8 Å². The second-order valence-corrected chi connectivity index (χ2v) is 9.81. The maximum atomic E-state index is 12.1. The third kappa shape index (κ3) is 7.05. The van der Waals surface area contributed by atoms with E-state index in [2.05, 4.69) is 10.6 Å². The molecule has 3 rings (SSSR count). The highest BCUT2D eigenvalue weighted by atomic mass is 16.7. The van der Waals surface area contributed by atoms with Crippen LogP contribution in [-0.4, -0.2) is 170 Å². The minimum atomic E-state index is -1.89. The Morgan fingerprint density at radius 1 is 0.600 bits per heavy atom. The third-order valence-electron chi connectivity index (χ3n) is 6.90. The molecular weight excluding hydrogens is 548 g/mol. The van der Waals surface area contributed by atoms with E-state index in [1.807, 2.05) is 0 Å². The van der Waals surface area contributed by atoms with Crippen LogP contribution < -0.4 is 10.6 Å². The van der Waals surface area contributed by atoms with Crippen molar-refractivity contribution in [3.8, 4) is 0 Å². The Labute approximate surface area is 228 Å². The second kappa shape index (κ2) is 14.0. The molecule has 0 unspecified atom stereocenters. The summed E-state index contributed by atoms with van der Waals surface area (Å²) in [5, 5.41) is 96.5. The summed E-state index contributed by atoms with van der Waals surface area (Å²) >= 11 is 0. The number of aliphatic hydroxyl groups excluding tert-OH is 9. The van der Waals surface area contributed by atoms with Gasteiger partial charge in [0.2, 0.25) is 11.8 Å². The number of ether oxygens (including phenoxy) is 5. The topological polar surface area (TPSA) is 286 Å². The molecule has 0 aromatic heterocycles. The Balaban J connectivity index is 1.95. The van der Waals surface area contributed by atoms with E-state index < -0.39 is 124 Å². The first kappa shape index (κ1) is 32.9. The summed E-state index contributed by atoms with van der Waals surface area (Å²) in [5.74, 6) is -1.34. The van der Waals surface area contributed by atoms with E-state index in [4.69, 9.17) is 23.7 Å². The average molecular weight is 587 g/mol. The number of hydrogen-bond donors (Lipinski definition) is 11.